The molecular formula is C17H24O2. The Morgan fingerprint density at radius 2 is 1.95 bits per heavy atom. The summed E-state index contributed by atoms with van der Waals surface area (Å²) in [6.07, 6.45) is 4.94. The van der Waals surface area contributed by atoms with Crippen molar-refractivity contribution >= 4 is 0 Å². The molecule has 1 aliphatic rings. The van der Waals surface area contributed by atoms with Crippen LogP contribution in [0.15, 0.2) is 12.7 Å². The molecule has 1 aliphatic heterocycles. The molecule has 104 valence electrons. The Morgan fingerprint density at radius 1 is 1.26 bits per heavy atom. The predicted molar refractivity (Wildman–Crippen MR) is 79.4 cm³/mol. The molecule has 1 aromatic carbocycles. The molecule has 0 radical (unpaired) electrons. The summed E-state index contributed by atoms with van der Waals surface area (Å²) >= 11 is 0. The maximum Gasteiger partial charge on any atom is 0.127 e. The number of hydrogen-bond acceptors (Lipinski definition) is 2. The molecule has 2 nitrogen and oxygen atoms in total. The maximum atomic E-state index is 6.34. The van der Waals surface area contributed by atoms with Gasteiger partial charge < -0.3 is 9.47 Å². The van der Waals surface area contributed by atoms with Gasteiger partial charge in [-0.05, 0) is 62.8 Å². The van der Waals surface area contributed by atoms with E-state index in [1.807, 2.05) is 6.08 Å². The van der Waals surface area contributed by atoms with Gasteiger partial charge in [-0.3, -0.25) is 0 Å². The highest BCUT2D eigenvalue weighted by Gasteiger charge is 2.34. The van der Waals surface area contributed by atoms with Crippen molar-refractivity contribution in [2.45, 2.75) is 52.6 Å². The second-order valence-electron chi connectivity index (χ2n) is 5.44. The molecule has 2 rings (SSSR count). The average Bonchev–Trinajstić information content (AvgIpc) is 2.45. The number of hydrogen-bond donors (Lipinski definition) is 0. The van der Waals surface area contributed by atoms with E-state index in [0.29, 0.717) is 0 Å². The van der Waals surface area contributed by atoms with E-state index in [4.69, 9.17) is 9.47 Å². The first-order valence-corrected chi connectivity index (χ1v) is 6.99. The SMILES string of the molecule is C=C[C@]1(CC)CCc2c(C)c(OC)c(C)c(C)c2O1. The van der Waals surface area contributed by atoms with Gasteiger partial charge in [0.05, 0.1) is 7.11 Å². The first-order chi connectivity index (χ1) is 8.99. The first kappa shape index (κ1) is 14.0. The topological polar surface area (TPSA) is 18.5 Å². The molecule has 0 bridgehead atoms. The van der Waals surface area contributed by atoms with Crippen molar-refractivity contribution in [2.75, 3.05) is 7.11 Å². The van der Waals surface area contributed by atoms with Crippen LogP contribution in [0.25, 0.3) is 0 Å². The number of fused-ring (bicyclic) bond motifs is 1. The summed E-state index contributed by atoms with van der Waals surface area (Å²) in [7, 11) is 1.74. The molecule has 0 saturated carbocycles. The molecule has 0 unspecified atom stereocenters. The van der Waals surface area contributed by atoms with E-state index in [9.17, 15) is 0 Å². The maximum absolute atomic E-state index is 6.34. The molecule has 0 fully saturated rings. The molecule has 0 spiro atoms. The van der Waals surface area contributed by atoms with Gasteiger partial charge in [0, 0.05) is 5.56 Å². The third kappa shape index (κ3) is 2.03. The van der Waals surface area contributed by atoms with E-state index in [0.717, 1.165) is 30.8 Å². The zero-order valence-corrected chi connectivity index (χ0v) is 12.7. The van der Waals surface area contributed by atoms with Crippen LogP contribution in [0.3, 0.4) is 0 Å². The van der Waals surface area contributed by atoms with Crippen LogP contribution in [0, 0.1) is 20.8 Å². The standard InChI is InChI=1S/C17H24O2/c1-7-17(8-2)10-9-14-13(5)15(18-6)11(3)12(4)16(14)19-17/h7H,1,8-10H2,2-6H3/t17-/m0/s1. The Kier molecular flexibility index (Phi) is 3.62. The lowest BCUT2D eigenvalue weighted by Gasteiger charge is -2.38. The Hall–Kier alpha value is -1.44. The Bertz CT molecular complexity index is 517. The summed E-state index contributed by atoms with van der Waals surface area (Å²) in [6, 6.07) is 0. The van der Waals surface area contributed by atoms with Crippen LogP contribution in [-0.2, 0) is 6.42 Å². The minimum Gasteiger partial charge on any atom is -0.496 e. The Balaban J connectivity index is 2.61. The van der Waals surface area contributed by atoms with E-state index in [2.05, 4.69) is 34.3 Å². The monoisotopic (exact) mass is 260 g/mol. The lowest BCUT2D eigenvalue weighted by atomic mass is 9.85. The molecule has 0 N–H and O–H groups in total. The molecule has 1 heterocycles. The second-order valence-corrected chi connectivity index (χ2v) is 5.44. The molecule has 0 aliphatic carbocycles. The van der Waals surface area contributed by atoms with Crippen LogP contribution in [0.1, 0.15) is 42.0 Å². The number of rotatable bonds is 3. The third-order valence-corrected chi connectivity index (χ3v) is 4.59. The highest BCUT2D eigenvalue weighted by molar-refractivity contribution is 5.59. The van der Waals surface area contributed by atoms with Crippen molar-refractivity contribution in [2.24, 2.45) is 0 Å². The largest absolute Gasteiger partial charge is 0.496 e. The fourth-order valence-corrected chi connectivity index (χ4v) is 3.03. The lowest BCUT2D eigenvalue weighted by Crippen LogP contribution is -2.37. The van der Waals surface area contributed by atoms with Gasteiger partial charge in [-0.15, -0.1) is 0 Å². The van der Waals surface area contributed by atoms with Gasteiger partial charge in [0.15, 0.2) is 0 Å². The molecule has 2 heteroatoms. The molecular weight excluding hydrogens is 236 g/mol. The van der Waals surface area contributed by atoms with Gasteiger partial charge in [0.25, 0.3) is 0 Å². The molecule has 0 saturated heterocycles. The summed E-state index contributed by atoms with van der Waals surface area (Å²) in [5, 5.41) is 0. The quantitative estimate of drug-likeness (QED) is 0.755. The summed E-state index contributed by atoms with van der Waals surface area (Å²) in [6.45, 7) is 12.5. The minimum atomic E-state index is -0.203. The number of benzene rings is 1. The summed E-state index contributed by atoms with van der Waals surface area (Å²) < 4.78 is 11.9. The first-order valence-electron chi connectivity index (χ1n) is 6.99. The van der Waals surface area contributed by atoms with Crippen molar-refractivity contribution in [3.63, 3.8) is 0 Å². The van der Waals surface area contributed by atoms with Gasteiger partial charge in [-0.2, -0.15) is 0 Å². The number of ether oxygens (including phenoxy) is 2. The summed E-state index contributed by atoms with van der Waals surface area (Å²) in [5.41, 5.74) is 4.68. The fourth-order valence-electron chi connectivity index (χ4n) is 3.03. The van der Waals surface area contributed by atoms with Gasteiger partial charge in [-0.1, -0.05) is 13.5 Å². The third-order valence-electron chi connectivity index (χ3n) is 4.59. The predicted octanol–water partition coefficient (Wildman–Crippen LogP) is 4.28. The summed E-state index contributed by atoms with van der Waals surface area (Å²) in [4.78, 5) is 0. The highest BCUT2D eigenvalue weighted by atomic mass is 16.5. The van der Waals surface area contributed by atoms with E-state index < -0.39 is 0 Å². The van der Waals surface area contributed by atoms with Crippen LogP contribution < -0.4 is 9.47 Å². The van der Waals surface area contributed by atoms with Crippen molar-refractivity contribution in [3.8, 4) is 11.5 Å². The van der Waals surface area contributed by atoms with Gasteiger partial charge >= 0.3 is 0 Å². The van der Waals surface area contributed by atoms with Crippen LogP contribution in [0.4, 0.5) is 0 Å². The van der Waals surface area contributed by atoms with Crippen LogP contribution in [0.5, 0.6) is 11.5 Å². The van der Waals surface area contributed by atoms with Crippen LogP contribution >= 0.6 is 0 Å². The van der Waals surface area contributed by atoms with E-state index in [1.54, 1.807) is 7.11 Å². The fraction of sp³-hybridized carbons (Fsp3) is 0.529. The van der Waals surface area contributed by atoms with Crippen molar-refractivity contribution in [1.29, 1.82) is 0 Å². The minimum absolute atomic E-state index is 0.203. The zero-order chi connectivity index (χ0) is 14.2. The molecule has 19 heavy (non-hydrogen) atoms. The van der Waals surface area contributed by atoms with E-state index >= 15 is 0 Å². The Morgan fingerprint density at radius 3 is 2.47 bits per heavy atom. The molecule has 0 amide bonds. The normalized spacial score (nSPS) is 21.5. The smallest absolute Gasteiger partial charge is 0.127 e. The van der Waals surface area contributed by atoms with Crippen molar-refractivity contribution < 1.29 is 9.47 Å². The molecule has 0 aromatic heterocycles. The van der Waals surface area contributed by atoms with Gasteiger partial charge in [0.1, 0.15) is 17.1 Å². The van der Waals surface area contributed by atoms with E-state index in [1.165, 1.54) is 22.3 Å². The lowest BCUT2D eigenvalue weighted by molar-refractivity contribution is 0.0894. The molecule has 1 atom stereocenters. The molecule has 1 aromatic rings. The number of methoxy groups -OCH3 is 1. The second kappa shape index (κ2) is 4.92. The van der Waals surface area contributed by atoms with Crippen molar-refractivity contribution in [1.82, 2.24) is 0 Å². The van der Waals surface area contributed by atoms with Crippen molar-refractivity contribution in [3.05, 3.63) is 34.9 Å². The Labute approximate surface area is 116 Å². The highest BCUT2D eigenvalue weighted by Crippen LogP contribution is 2.44. The van der Waals surface area contributed by atoms with E-state index in [-0.39, 0.29) is 5.60 Å². The zero-order valence-electron chi connectivity index (χ0n) is 12.7. The van der Waals surface area contributed by atoms with Gasteiger partial charge in [-0.25, -0.2) is 0 Å². The average molecular weight is 260 g/mol. The van der Waals surface area contributed by atoms with Gasteiger partial charge in [0.2, 0.25) is 0 Å². The van der Waals surface area contributed by atoms with Crippen LogP contribution in [-0.4, -0.2) is 12.7 Å². The van der Waals surface area contributed by atoms with Crippen LogP contribution in [0.2, 0.25) is 0 Å². The summed E-state index contributed by atoms with van der Waals surface area (Å²) in [5.74, 6) is 2.05.